The molecule has 0 aliphatic carbocycles. The molecule has 0 spiro atoms. The summed E-state index contributed by atoms with van der Waals surface area (Å²) in [6.07, 6.45) is 1.57. The van der Waals surface area contributed by atoms with Gasteiger partial charge in [0.25, 0.3) is 5.69 Å². The van der Waals surface area contributed by atoms with Crippen LogP contribution < -0.4 is 11.1 Å². The Bertz CT molecular complexity index is 657. The molecular formula is C11H10N6O2. The van der Waals surface area contributed by atoms with Crippen molar-refractivity contribution in [3.05, 3.63) is 45.6 Å². The van der Waals surface area contributed by atoms with E-state index in [1.165, 1.54) is 12.1 Å². The van der Waals surface area contributed by atoms with E-state index in [0.717, 1.165) is 5.56 Å². The van der Waals surface area contributed by atoms with E-state index in [9.17, 15) is 10.1 Å². The number of rotatable bonds is 4. The van der Waals surface area contributed by atoms with E-state index in [4.69, 9.17) is 11.0 Å². The zero-order valence-corrected chi connectivity index (χ0v) is 9.75. The average molecular weight is 258 g/mol. The molecule has 0 atom stereocenters. The number of hydrogen-bond acceptors (Lipinski definition) is 6. The molecule has 0 fully saturated rings. The molecule has 0 amide bonds. The van der Waals surface area contributed by atoms with Gasteiger partial charge in [0, 0.05) is 23.9 Å². The smallest absolute Gasteiger partial charge is 0.289 e. The van der Waals surface area contributed by atoms with E-state index in [1.807, 2.05) is 0 Å². The summed E-state index contributed by atoms with van der Waals surface area (Å²) in [4.78, 5) is 10.2. The van der Waals surface area contributed by atoms with E-state index in [-0.39, 0.29) is 11.3 Å². The summed E-state index contributed by atoms with van der Waals surface area (Å²) >= 11 is 0. The molecule has 0 radical (unpaired) electrons. The molecule has 0 aliphatic rings. The first kappa shape index (κ1) is 12.4. The van der Waals surface area contributed by atoms with Gasteiger partial charge in [-0.25, -0.2) is 0 Å². The second-order valence-electron chi connectivity index (χ2n) is 3.76. The van der Waals surface area contributed by atoms with E-state index in [1.54, 1.807) is 18.3 Å². The molecule has 0 saturated heterocycles. The Kier molecular flexibility index (Phi) is 3.29. The van der Waals surface area contributed by atoms with Gasteiger partial charge in [0.15, 0.2) is 0 Å². The van der Waals surface area contributed by atoms with Crippen LogP contribution in [0.25, 0.3) is 0 Å². The van der Waals surface area contributed by atoms with Crippen molar-refractivity contribution in [3.8, 4) is 6.07 Å². The molecule has 8 nitrogen and oxygen atoms in total. The van der Waals surface area contributed by atoms with Crippen LogP contribution in [-0.2, 0) is 6.54 Å². The molecule has 19 heavy (non-hydrogen) atoms. The highest BCUT2D eigenvalue weighted by Crippen LogP contribution is 2.23. The third-order valence-electron chi connectivity index (χ3n) is 2.55. The third-order valence-corrected chi connectivity index (χ3v) is 2.55. The topological polar surface area (TPSA) is 134 Å². The van der Waals surface area contributed by atoms with Crippen LogP contribution in [-0.4, -0.2) is 15.1 Å². The first-order chi connectivity index (χ1) is 9.11. The molecule has 0 bridgehead atoms. The normalized spacial score (nSPS) is 9.84. The van der Waals surface area contributed by atoms with Crippen LogP contribution in [0.4, 0.5) is 17.2 Å². The standard InChI is InChI=1S/C11H10N6O2/c12-4-7-1-2-9(3-10(7)17(18)19)14-5-8-6-15-16-11(8)13/h1-3,6,14H,5H2,(H3,13,15,16). The summed E-state index contributed by atoms with van der Waals surface area (Å²) in [5, 5.41) is 28.9. The summed E-state index contributed by atoms with van der Waals surface area (Å²) in [7, 11) is 0. The number of aromatic amines is 1. The summed E-state index contributed by atoms with van der Waals surface area (Å²) in [5.74, 6) is 0.440. The maximum absolute atomic E-state index is 10.8. The van der Waals surface area contributed by atoms with E-state index in [2.05, 4.69) is 15.5 Å². The highest BCUT2D eigenvalue weighted by molar-refractivity contribution is 5.59. The van der Waals surface area contributed by atoms with Crippen LogP contribution >= 0.6 is 0 Å². The fraction of sp³-hybridized carbons (Fsp3) is 0.0909. The van der Waals surface area contributed by atoms with Crippen molar-refractivity contribution in [1.29, 1.82) is 5.26 Å². The molecule has 2 rings (SSSR count). The molecule has 1 aromatic carbocycles. The predicted molar refractivity (Wildman–Crippen MR) is 68.1 cm³/mol. The van der Waals surface area contributed by atoms with Gasteiger partial charge in [-0.05, 0) is 12.1 Å². The number of benzene rings is 1. The lowest BCUT2D eigenvalue weighted by atomic mass is 10.1. The van der Waals surface area contributed by atoms with Crippen molar-refractivity contribution < 1.29 is 4.92 Å². The Morgan fingerprint density at radius 1 is 1.58 bits per heavy atom. The maximum atomic E-state index is 10.8. The first-order valence-corrected chi connectivity index (χ1v) is 5.32. The van der Waals surface area contributed by atoms with Crippen molar-refractivity contribution in [2.75, 3.05) is 11.1 Å². The van der Waals surface area contributed by atoms with Gasteiger partial charge < -0.3 is 11.1 Å². The summed E-state index contributed by atoms with van der Waals surface area (Å²) in [6.45, 7) is 0.380. The zero-order valence-electron chi connectivity index (χ0n) is 9.75. The Hall–Kier alpha value is -3.08. The highest BCUT2D eigenvalue weighted by Gasteiger charge is 2.14. The van der Waals surface area contributed by atoms with E-state index in [0.29, 0.717) is 18.1 Å². The van der Waals surface area contributed by atoms with Gasteiger partial charge in [-0.1, -0.05) is 0 Å². The van der Waals surface area contributed by atoms with Crippen LogP contribution in [0.15, 0.2) is 24.4 Å². The number of nitro groups is 1. The lowest BCUT2D eigenvalue weighted by molar-refractivity contribution is -0.385. The largest absolute Gasteiger partial charge is 0.384 e. The molecule has 0 unspecified atom stereocenters. The number of H-pyrrole nitrogens is 1. The molecule has 0 saturated carbocycles. The number of nitrogens with one attached hydrogen (secondary N) is 2. The fourth-order valence-corrected chi connectivity index (χ4v) is 1.55. The Balaban J connectivity index is 2.18. The second kappa shape index (κ2) is 5.05. The minimum atomic E-state index is -0.587. The van der Waals surface area contributed by atoms with Gasteiger partial charge in [-0.3, -0.25) is 15.2 Å². The SMILES string of the molecule is N#Cc1ccc(NCc2cn[nH]c2N)cc1[N+](=O)[O-]. The lowest BCUT2D eigenvalue weighted by Gasteiger charge is -2.05. The molecule has 1 heterocycles. The van der Waals surface area contributed by atoms with E-state index < -0.39 is 4.92 Å². The Morgan fingerprint density at radius 2 is 2.37 bits per heavy atom. The zero-order chi connectivity index (χ0) is 13.8. The first-order valence-electron chi connectivity index (χ1n) is 5.32. The fourth-order valence-electron chi connectivity index (χ4n) is 1.55. The number of nitro benzene ring substituents is 1. The third kappa shape index (κ3) is 2.61. The minimum Gasteiger partial charge on any atom is -0.384 e. The minimum absolute atomic E-state index is 0.0263. The number of nitrogen functional groups attached to an aromatic ring is 1. The van der Waals surface area contributed by atoms with Crippen molar-refractivity contribution in [2.24, 2.45) is 0 Å². The summed E-state index contributed by atoms with van der Waals surface area (Å²) < 4.78 is 0. The van der Waals surface area contributed by atoms with Crippen LogP contribution in [0.5, 0.6) is 0 Å². The number of nitrogens with two attached hydrogens (primary N) is 1. The van der Waals surface area contributed by atoms with Gasteiger partial charge in [-0.2, -0.15) is 10.4 Å². The molecule has 1 aromatic heterocycles. The quantitative estimate of drug-likeness (QED) is 0.560. The number of hydrogen-bond donors (Lipinski definition) is 3. The maximum Gasteiger partial charge on any atom is 0.289 e. The number of aromatic nitrogens is 2. The van der Waals surface area contributed by atoms with Gasteiger partial charge in [0.1, 0.15) is 17.5 Å². The van der Waals surface area contributed by atoms with Crippen molar-refractivity contribution in [1.82, 2.24) is 10.2 Å². The average Bonchev–Trinajstić information content (AvgIpc) is 2.81. The van der Waals surface area contributed by atoms with Crippen LogP contribution in [0, 0.1) is 21.4 Å². The molecule has 0 aliphatic heterocycles. The van der Waals surface area contributed by atoms with Crippen molar-refractivity contribution >= 4 is 17.2 Å². The van der Waals surface area contributed by atoms with Crippen LogP contribution in [0.2, 0.25) is 0 Å². The van der Waals surface area contributed by atoms with Crippen LogP contribution in [0.3, 0.4) is 0 Å². The van der Waals surface area contributed by atoms with Crippen molar-refractivity contribution in [3.63, 3.8) is 0 Å². The Labute approximate surface area is 108 Å². The van der Waals surface area contributed by atoms with Crippen LogP contribution in [0.1, 0.15) is 11.1 Å². The molecule has 8 heteroatoms. The van der Waals surface area contributed by atoms with Gasteiger partial charge in [0.2, 0.25) is 0 Å². The highest BCUT2D eigenvalue weighted by atomic mass is 16.6. The van der Waals surface area contributed by atoms with Gasteiger partial charge >= 0.3 is 0 Å². The van der Waals surface area contributed by atoms with E-state index >= 15 is 0 Å². The predicted octanol–water partition coefficient (Wildman–Crippen LogP) is 1.38. The van der Waals surface area contributed by atoms with Gasteiger partial charge in [-0.15, -0.1) is 0 Å². The monoisotopic (exact) mass is 258 g/mol. The molecule has 96 valence electrons. The number of anilines is 2. The lowest BCUT2D eigenvalue weighted by Crippen LogP contribution is -2.02. The number of nitrogens with zero attached hydrogens (tertiary/aromatic N) is 3. The summed E-state index contributed by atoms with van der Waals surface area (Å²) in [5.41, 5.74) is 6.71. The van der Waals surface area contributed by atoms with Gasteiger partial charge in [0.05, 0.1) is 11.1 Å². The molecule has 2 aromatic rings. The summed E-state index contributed by atoms with van der Waals surface area (Å²) in [6, 6.07) is 6.09. The second-order valence-corrected chi connectivity index (χ2v) is 3.76. The molecular weight excluding hydrogens is 248 g/mol. The Morgan fingerprint density at radius 3 is 2.95 bits per heavy atom. The van der Waals surface area contributed by atoms with Crippen molar-refractivity contribution in [2.45, 2.75) is 6.54 Å². The number of nitriles is 1. The molecule has 4 N–H and O–H groups in total.